The molecular formula is C28H30N2O5. The molecule has 182 valence electrons. The number of hydrogen-bond donors (Lipinski definition) is 2. The highest BCUT2D eigenvalue weighted by molar-refractivity contribution is 5.88. The number of rotatable bonds is 5. The van der Waals surface area contributed by atoms with E-state index in [4.69, 9.17) is 4.74 Å². The summed E-state index contributed by atoms with van der Waals surface area (Å²) in [5, 5.41) is 12.5. The van der Waals surface area contributed by atoms with Crippen molar-refractivity contribution in [2.24, 2.45) is 16.7 Å². The number of aliphatic carboxylic acids is 1. The van der Waals surface area contributed by atoms with Gasteiger partial charge in [-0.2, -0.15) is 0 Å². The highest BCUT2D eigenvalue weighted by Crippen LogP contribution is 2.64. The Balaban J connectivity index is 1.06. The Morgan fingerprint density at radius 2 is 1.71 bits per heavy atom. The fourth-order valence-corrected chi connectivity index (χ4v) is 6.70. The Bertz CT molecular complexity index is 1180. The van der Waals surface area contributed by atoms with E-state index in [0.717, 1.165) is 12.8 Å². The highest BCUT2D eigenvalue weighted by Gasteiger charge is 2.66. The fourth-order valence-electron chi connectivity index (χ4n) is 6.70. The number of nitrogens with one attached hydrogen (secondary N) is 1. The van der Waals surface area contributed by atoms with Crippen molar-refractivity contribution < 1.29 is 24.2 Å². The molecule has 7 heteroatoms. The van der Waals surface area contributed by atoms with Gasteiger partial charge in [-0.1, -0.05) is 48.5 Å². The fraction of sp³-hybridized carbons (Fsp3) is 0.464. The minimum atomic E-state index is -0.867. The summed E-state index contributed by atoms with van der Waals surface area (Å²) in [6.45, 7) is 2.73. The number of ether oxygens (including phenoxy) is 1. The van der Waals surface area contributed by atoms with E-state index in [-0.39, 0.29) is 36.9 Å². The first-order chi connectivity index (χ1) is 16.8. The summed E-state index contributed by atoms with van der Waals surface area (Å²) in [4.78, 5) is 39.3. The van der Waals surface area contributed by atoms with Crippen molar-refractivity contribution in [1.82, 2.24) is 10.2 Å². The smallest absolute Gasteiger partial charge is 0.407 e. The van der Waals surface area contributed by atoms with Crippen LogP contribution in [0.1, 0.15) is 49.7 Å². The van der Waals surface area contributed by atoms with Gasteiger partial charge in [0.1, 0.15) is 6.61 Å². The minimum absolute atomic E-state index is 0.0109. The zero-order valence-corrected chi connectivity index (χ0v) is 19.8. The molecule has 2 aromatic rings. The first kappa shape index (κ1) is 22.1. The molecule has 0 aromatic heterocycles. The third kappa shape index (κ3) is 3.51. The van der Waals surface area contributed by atoms with Gasteiger partial charge in [0, 0.05) is 25.0 Å². The van der Waals surface area contributed by atoms with E-state index in [9.17, 15) is 19.5 Å². The van der Waals surface area contributed by atoms with Gasteiger partial charge in [-0.15, -0.1) is 0 Å². The van der Waals surface area contributed by atoms with E-state index in [2.05, 4.69) is 29.6 Å². The quantitative estimate of drug-likeness (QED) is 0.683. The van der Waals surface area contributed by atoms with Gasteiger partial charge in [0.05, 0.1) is 10.8 Å². The van der Waals surface area contributed by atoms with Gasteiger partial charge in [-0.3, -0.25) is 9.59 Å². The van der Waals surface area contributed by atoms with Gasteiger partial charge in [-0.25, -0.2) is 4.79 Å². The predicted octanol–water partition coefficient (Wildman–Crippen LogP) is 4.02. The van der Waals surface area contributed by atoms with E-state index < -0.39 is 22.9 Å². The lowest BCUT2D eigenvalue weighted by molar-refractivity contribution is -0.147. The summed E-state index contributed by atoms with van der Waals surface area (Å²) >= 11 is 0. The molecule has 35 heavy (non-hydrogen) atoms. The first-order valence-corrected chi connectivity index (χ1v) is 12.4. The van der Waals surface area contributed by atoms with Crippen LogP contribution in [0.5, 0.6) is 0 Å². The number of nitrogens with zero attached hydrogens (tertiary/aromatic N) is 1. The number of carbonyl (C=O) groups is 3. The zero-order valence-electron chi connectivity index (χ0n) is 19.8. The molecule has 2 N–H and O–H groups in total. The lowest BCUT2D eigenvalue weighted by atomic mass is 9.90. The lowest BCUT2D eigenvalue weighted by Crippen LogP contribution is -2.41. The summed E-state index contributed by atoms with van der Waals surface area (Å²) in [7, 11) is 0. The lowest BCUT2D eigenvalue weighted by Gasteiger charge is -2.25. The monoisotopic (exact) mass is 474 g/mol. The van der Waals surface area contributed by atoms with Crippen molar-refractivity contribution in [3.63, 3.8) is 0 Å². The van der Waals surface area contributed by atoms with Crippen LogP contribution in [0.25, 0.3) is 11.1 Å². The molecule has 1 saturated heterocycles. The third-order valence-electron chi connectivity index (χ3n) is 8.78. The Labute approximate surface area is 204 Å². The second kappa shape index (κ2) is 7.83. The maximum Gasteiger partial charge on any atom is 0.407 e. The SMILES string of the molecule is CC1(C(=O)O)CCN(C(=O)[C@]23C[C@H](NC(=O)OCC4c5ccccc5-c5ccccc54)C[C@H]2C3)C1. The van der Waals surface area contributed by atoms with Gasteiger partial charge < -0.3 is 20.1 Å². The summed E-state index contributed by atoms with van der Waals surface area (Å²) in [6.07, 6.45) is 2.23. The Kier molecular flexibility index (Phi) is 4.95. The van der Waals surface area contributed by atoms with E-state index >= 15 is 0 Å². The standard InChI is InChI=1S/C28H30N2O5/c1-27(25(32)33)10-11-30(16-27)24(31)28-13-17(28)12-18(14-28)29-26(34)35-15-23-21-8-4-2-6-19(21)20-7-3-5-9-22(20)23/h2-9,17-18,23H,10-16H2,1H3,(H,29,34)(H,32,33)/t17-,18+,27?,28+/m0/s1. The molecule has 7 nitrogen and oxygen atoms in total. The van der Waals surface area contributed by atoms with Crippen LogP contribution in [-0.2, 0) is 14.3 Å². The van der Waals surface area contributed by atoms with E-state index in [0.29, 0.717) is 19.4 Å². The Morgan fingerprint density at radius 1 is 1.06 bits per heavy atom. The average molecular weight is 475 g/mol. The van der Waals surface area contributed by atoms with Crippen LogP contribution >= 0.6 is 0 Å². The molecule has 2 saturated carbocycles. The summed E-state index contributed by atoms with van der Waals surface area (Å²) in [5.74, 6) is -0.523. The number of fused-ring (bicyclic) bond motifs is 4. The number of carbonyl (C=O) groups excluding carboxylic acids is 2. The number of benzene rings is 2. The molecule has 1 unspecified atom stereocenters. The number of alkyl carbamates (subject to hydrolysis) is 1. The van der Waals surface area contributed by atoms with Crippen molar-refractivity contribution in [3.8, 4) is 11.1 Å². The molecule has 0 radical (unpaired) electrons. The maximum absolute atomic E-state index is 13.3. The number of carboxylic acid groups (broad SMARTS) is 1. The van der Waals surface area contributed by atoms with Crippen molar-refractivity contribution in [1.29, 1.82) is 0 Å². The maximum atomic E-state index is 13.3. The van der Waals surface area contributed by atoms with Crippen molar-refractivity contribution in [2.45, 2.75) is 44.6 Å². The second-order valence-corrected chi connectivity index (χ2v) is 11.0. The van der Waals surface area contributed by atoms with E-state index in [1.54, 1.807) is 11.8 Å². The largest absolute Gasteiger partial charge is 0.481 e. The highest BCUT2D eigenvalue weighted by atomic mass is 16.5. The number of hydrogen-bond acceptors (Lipinski definition) is 4. The molecule has 4 aliphatic rings. The van der Waals surface area contributed by atoms with Gasteiger partial charge in [0.15, 0.2) is 0 Å². The zero-order chi connectivity index (χ0) is 24.4. The molecule has 4 atom stereocenters. The Hall–Kier alpha value is -3.35. The van der Waals surface area contributed by atoms with E-state index in [1.165, 1.54) is 22.3 Å². The van der Waals surface area contributed by atoms with Crippen molar-refractivity contribution in [3.05, 3.63) is 59.7 Å². The molecule has 3 aliphatic carbocycles. The molecular weight excluding hydrogens is 444 g/mol. The molecule has 2 amide bonds. The molecule has 6 rings (SSSR count). The summed E-state index contributed by atoms with van der Waals surface area (Å²) in [6, 6.07) is 16.4. The molecule has 2 aromatic carbocycles. The van der Waals surface area contributed by atoms with Crippen molar-refractivity contribution in [2.75, 3.05) is 19.7 Å². The minimum Gasteiger partial charge on any atom is -0.481 e. The topological polar surface area (TPSA) is 95.9 Å². The number of carboxylic acids is 1. The van der Waals surface area contributed by atoms with Crippen LogP contribution in [0.2, 0.25) is 0 Å². The molecule has 3 fully saturated rings. The van der Waals surface area contributed by atoms with Crippen LogP contribution in [-0.4, -0.2) is 53.7 Å². The van der Waals surface area contributed by atoms with Crippen LogP contribution in [0, 0.1) is 16.7 Å². The molecule has 1 aliphatic heterocycles. The first-order valence-electron chi connectivity index (χ1n) is 12.4. The molecule has 0 spiro atoms. The van der Waals surface area contributed by atoms with Crippen molar-refractivity contribution >= 4 is 18.0 Å². The van der Waals surface area contributed by atoms with Crippen LogP contribution < -0.4 is 5.32 Å². The number of likely N-dealkylation sites (tertiary alicyclic amines) is 1. The summed E-state index contributed by atoms with van der Waals surface area (Å²) in [5.41, 5.74) is 3.42. The second-order valence-electron chi connectivity index (χ2n) is 11.0. The van der Waals surface area contributed by atoms with Crippen LogP contribution in [0.3, 0.4) is 0 Å². The van der Waals surface area contributed by atoms with Gasteiger partial charge >= 0.3 is 12.1 Å². The number of amides is 2. The Morgan fingerprint density at radius 3 is 2.34 bits per heavy atom. The third-order valence-corrected chi connectivity index (χ3v) is 8.78. The van der Waals surface area contributed by atoms with E-state index in [1.807, 2.05) is 24.3 Å². The molecule has 1 heterocycles. The van der Waals surface area contributed by atoms with Crippen LogP contribution in [0.15, 0.2) is 48.5 Å². The average Bonchev–Trinajstić information content (AvgIpc) is 3.14. The predicted molar refractivity (Wildman–Crippen MR) is 129 cm³/mol. The summed E-state index contributed by atoms with van der Waals surface area (Å²) < 4.78 is 5.69. The normalized spacial score (nSPS) is 30.4. The van der Waals surface area contributed by atoms with Gasteiger partial charge in [0.25, 0.3) is 0 Å². The van der Waals surface area contributed by atoms with Gasteiger partial charge in [0.2, 0.25) is 5.91 Å². The van der Waals surface area contributed by atoms with Gasteiger partial charge in [-0.05, 0) is 60.8 Å². The van der Waals surface area contributed by atoms with Crippen LogP contribution in [0.4, 0.5) is 4.79 Å². The molecule has 0 bridgehead atoms.